The average Bonchev–Trinajstić information content (AvgIpc) is 2.39. The predicted molar refractivity (Wildman–Crippen MR) is 73.7 cm³/mol. The fourth-order valence-electron chi connectivity index (χ4n) is 2.37. The Kier molecular flexibility index (Phi) is 6.84. The molecular weight excluding hydrogens is 244 g/mol. The number of nitrogens with zero attached hydrogens (tertiary/aromatic N) is 1. The molecule has 1 heterocycles. The molecule has 110 valence electrons. The SMILES string of the molecule is CCOC(C)C(=O)NCCC(=O)N1CCCCC1C. The summed E-state index contributed by atoms with van der Waals surface area (Å²) in [5.74, 6) is -0.0158. The second-order valence-electron chi connectivity index (χ2n) is 5.07. The number of carbonyl (C=O) groups excluding carboxylic acids is 2. The van der Waals surface area contributed by atoms with Crippen LogP contribution in [0.25, 0.3) is 0 Å². The molecule has 0 bridgehead atoms. The zero-order valence-corrected chi connectivity index (χ0v) is 12.3. The number of piperidine rings is 1. The van der Waals surface area contributed by atoms with Crippen molar-refractivity contribution in [2.24, 2.45) is 0 Å². The highest BCUT2D eigenvalue weighted by Gasteiger charge is 2.22. The molecule has 2 amide bonds. The van der Waals surface area contributed by atoms with E-state index in [-0.39, 0.29) is 11.8 Å². The van der Waals surface area contributed by atoms with Gasteiger partial charge in [0.25, 0.3) is 0 Å². The Bertz CT molecular complexity index is 307. The van der Waals surface area contributed by atoms with Crippen LogP contribution in [-0.2, 0) is 14.3 Å². The van der Waals surface area contributed by atoms with E-state index in [1.165, 1.54) is 6.42 Å². The van der Waals surface area contributed by atoms with Gasteiger partial charge in [-0.2, -0.15) is 0 Å². The molecule has 0 aromatic rings. The normalized spacial score (nSPS) is 21.0. The molecule has 1 fully saturated rings. The molecule has 0 aromatic carbocycles. The van der Waals surface area contributed by atoms with Crippen LogP contribution in [0.4, 0.5) is 0 Å². The molecule has 0 aromatic heterocycles. The van der Waals surface area contributed by atoms with Crippen molar-refractivity contribution in [1.29, 1.82) is 0 Å². The highest BCUT2D eigenvalue weighted by Crippen LogP contribution is 2.16. The third kappa shape index (κ3) is 5.19. The van der Waals surface area contributed by atoms with E-state index in [0.717, 1.165) is 19.4 Å². The molecular formula is C14H26N2O3. The quantitative estimate of drug-likeness (QED) is 0.792. The number of nitrogens with one attached hydrogen (secondary N) is 1. The summed E-state index contributed by atoms with van der Waals surface area (Å²) in [6.07, 6.45) is 3.29. The number of likely N-dealkylation sites (tertiary alicyclic amines) is 1. The lowest BCUT2D eigenvalue weighted by molar-refractivity contribution is -0.135. The minimum Gasteiger partial charge on any atom is -0.369 e. The van der Waals surface area contributed by atoms with Crippen LogP contribution in [0.5, 0.6) is 0 Å². The maximum atomic E-state index is 12.0. The molecule has 5 nitrogen and oxygen atoms in total. The van der Waals surface area contributed by atoms with Gasteiger partial charge in [-0.3, -0.25) is 9.59 Å². The van der Waals surface area contributed by atoms with Crippen LogP contribution in [-0.4, -0.2) is 48.6 Å². The number of hydrogen-bond donors (Lipinski definition) is 1. The number of amides is 2. The minimum absolute atomic E-state index is 0.136. The van der Waals surface area contributed by atoms with Crippen LogP contribution in [0.1, 0.15) is 46.5 Å². The van der Waals surface area contributed by atoms with E-state index >= 15 is 0 Å². The number of ether oxygens (including phenoxy) is 1. The van der Waals surface area contributed by atoms with Crippen LogP contribution in [0.3, 0.4) is 0 Å². The zero-order valence-electron chi connectivity index (χ0n) is 12.3. The van der Waals surface area contributed by atoms with E-state index in [1.54, 1.807) is 6.92 Å². The first-order valence-electron chi connectivity index (χ1n) is 7.25. The average molecular weight is 270 g/mol. The van der Waals surface area contributed by atoms with Gasteiger partial charge in [0.05, 0.1) is 0 Å². The molecule has 2 atom stereocenters. The van der Waals surface area contributed by atoms with Gasteiger partial charge >= 0.3 is 0 Å². The topological polar surface area (TPSA) is 58.6 Å². The fourth-order valence-corrected chi connectivity index (χ4v) is 2.37. The summed E-state index contributed by atoms with van der Waals surface area (Å²) >= 11 is 0. The number of carbonyl (C=O) groups is 2. The summed E-state index contributed by atoms with van der Waals surface area (Å²) in [7, 11) is 0. The summed E-state index contributed by atoms with van der Waals surface area (Å²) in [6, 6.07) is 0.333. The van der Waals surface area contributed by atoms with Gasteiger partial charge in [0.1, 0.15) is 6.10 Å². The maximum Gasteiger partial charge on any atom is 0.248 e. The largest absolute Gasteiger partial charge is 0.369 e. The van der Waals surface area contributed by atoms with Crippen LogP contribution in [0.15, 0.2) is 0 Å². The second-order valence-corrected chi connectivity index (χ2v) is 5.07. The Morgan fingerprint density at radius 3 is 2.79 bits per heavy atom. The number of rotatable bonds is 6. The lowest BCUT2D eigenvalue weighted by Gasteiger charge is -2.33. The van der Waals surface area contributed by atoms with Crippen molar-refractivity contribution in [2.45, 2.75) is 58.6 Å². The van der Waals surface area contributed by atoms with Crippen molar-refractivity contribution >= 4 is 11.8 Å². The molecule has 1 N–H and O–H groups in total. The van der Waals surface area contributed by atoms with Crippen LogP contribution >= 0.6 is 0 Å². The van der Waals surface area contributed by atoms with E-state index in [4.69, 9.17) is 4.74 Å². The molecule has 0 spiro atoms. The predicted octanol–water partition coefficient (Wildman–Crippen LogP) is 1.32. The highest BCUT2D eigenvalue weighted by atomic mass is 16.5. The molecule has 1 aliphatic rings. The van der Waals surface area contributed by atoms with Crippen molar-refractivity contribution in [1.82, 2.24) is 10.2 Å². The Balaban J connectivity index is 2.24. The van der Waals surface area contributed by atoms with Gasteiger partial charge in [-0.1, -0.05) is 0 Å². The van der Waals surface area contributed by atoms with Crippen LogP contribution in [0.2, 0.25) is 0 Å². The molecule has 1 saturated heterocycles. The molecule has 1 aliphatic heterocycles. The second kappa shape index (κ2) is 8.15. The van der Waals surface area contributed by atoms with Gasteiger partial charge < -0.3 is 15.0 Å². The lowest BCUT2D eigenvalue weighted by Crippen LogP contribution is -2.43. The van der Waals surface area contributed by atoms with Crippen molar-refractivity contribution in [3.05, 3.63) is 0 Å². The Hall–Kier alpha value is -1.10. The van der Waals surface area contributed by atoms with E-state index in [0.29, 0.717) is 25.6 Å². The number of hydrogen-bond acceptors (Lipinski definition) is 3. The lowest BCUT2D eigenvalue weighted by atomic mass is 10.0. The highest BCUT2D eigenvalue weighted by molar-refractivity contribution is 5.81. The van der Waals surface area contributed by atoms with Crippen LogP contribution in [0, 0.1) is 0 Å². The molecule has 19 heavy (non-hydrogen) atoms. The zero-order chi connectivity index (χ0) is 14.3. The van der Waals surface area contributed by atoms with Gasteiger partial charge in [-0.15, -0.1) is 0 Å². The third-order valence-electron chi connectivity index (χ3n) is 3.55. The Morgan fingerprint density at radius 1 is 1.42 bits per heavy atom. The van der Waals surface area contributed by atoms with Gasteiger partial charge in [0.15, 0.2) is 0 Å². The van der Waals surface area contributed by atoms with Crippen molar-refractivity contribution in [2.75, 3.05) is 19.7 Å². The summed E-state index contributed by atoms with van der Waals surface area (Å²) in [5.41, 5.74) is 0. The van der Waals surface area contributed by atoms with E-state index in [9.17, 15) is 9.59 Å². The van der Waals surface area contributed by atoms with Crippen molar-refractivity contribution < 1.29 is 14.3 Å². The standard InChI is InChI=1S/C14H26N2O3/c1-4-19-12(3)14(18)15-9-8-13(17)16-10-6-5-7-11(16)2/h11-12H,4-10H2,1-3H3,(H,15,18). The monoisotopic (exact) mass is 270 g/mol. The summed E-state index contributed by atoms with van der Waals surface area (Å²) in [5, 5.41) is 2.74. The van der Waals surface area contributed by atoms with Crippen LogP contribution < -0.4 is 5.32 Å². The third-order valence-corrected chi connectivity index (χ3v) is 3.55. The minimum atomic E-state index is -0.450. The van der Waals surface area contributed by atoms with Gasteiger partial charge in [-0.25, -0.2) is 0 Å². The summed E-state index contributed by atoms with van der Waals surface area (Å²) < 4.78 is 5.19. The molecule has 0 aliphatic carbocycles. The Labute approximate surface area is 115 Å². The molecule has 0 saturated carbocycles. The van der Waals surface area contributed by atoms with Crippen molar-refractivity contribution in [3.8, 4) is 0 Å². The smallest absolute Gasteiger partial charge is 0.248 e. The van der Waals surface area contributed by atoms with E-state index < -0.39 is 6.10 Å². The first-order valence-corrected chi connectivity index (χ1v) is 7.25. The summed E-state index contributed by atoms with van der Waals surface area (Å²) in [6.45, 7) is 7.41. The fraction of sp³-hybridized carbons (Fsp3) is 0.857. The maximum absolute atomic E-state index is 12.0. The van der Waals surface area contributed by atoms with Gasteiger partial charge in [-0.05, 0) is 40.0 Å². The molecule has 0 radical (unpaired) electrons. The molecule has 2 unspecified atom stereocenters. The van der Waals surface area contributed by atoms with E-state index in [2.05, 4.69) is 12.2 Å². The van der Waals surface area contributed by atoms with E-state index in [1.807, 2.05) is 11.8 Å². The first-order chi connectivity index (χ1) is 9.06. The summed E-state index contributed by atoms with van der Waals surface area (Å²) in [4.78, 5) is 25.6. The van der Waals surface area contributed by atoms with Gasteiger partial charge in [0.2, 0.25) is 11.8 Å². The molecule has 1 rings (SSSR count). The Morgan fingerprint density at radius 2 is 2.16 bits per heavy atom. The molecule has 5 heteroatoms. The first kappa shape index (κ1) is 16.0. The van der Waals surface area contributed by atoms with Crippen molar-refractivity contribution in [3.63, 3.8) is 0 Å². The van der Waals surface area contributed by atoms with Gasteiger partial charge in [0, 0.05) is 32.2 Å².